The van der Waals surface area contributed by atoms with Crippen molar-refractivity contribution < 1.29 is 17.7 Å². The zero-order valence-electron chi connectivity index (χ0n) is 12.7. The minimum Gasteiger partial charge on any atom is -0.420 e. The van der Waals surface area contributed by atoms with Gasteiger partial charge in [0.15, 0.2) is 6.54 Å². The lowest BCUT2D eigenvalue weighted by atomic mass is 10.3. The maximum Gasteiger partial charge on any atom is 0.271 e. The van der Waals surface area contributed by atoms with E-state index in [1.165, 1.54) is 15.3 Å². The second-order valence-electron chi connectivity index (χ2n) is 5.48. The predicted octanol–water partition coefficient (Wildman–Crippen LogP) is 0.121. The number of nitrogens with one attached hydrogen (secondary N) is 1. The molecule has 1 N–H and O–H groups in total. The average molecular weight is 358 g/mol. The van der Waals surface area contributed by atoms with Gasteiger partial charge in [0, 0.05) is 6.92 Å². The summed E-state index contributed by atoms with van der Waals surface area (Å²) >= 11 is 6.03. The Kier molecular flexibility index (Phi) is 4.67. The van der Waals surface area contributed by atoms with Crippen LogP contribution in [-0.2, 0) is 16.6 Å². The van der Waals surface area contributed by atoms with Crippen LogP contribution in [0.2, 0.25) is 5.02 Å². The lowest BCUT2D eigenvalue weighted by molar-refractivity contribution is -0.918. The molecule has 23 heavy (non-hydrogen) atoms. The first-order valence-corrected chi connectivity index (χ1v) is 9.16. The molecule has 0 unspecified atom stereocenters. The highest BCUT2D eigenvalue weighted by atomic mass is 35.5. The third kappa shape index (κ3) is 3.55. The zero-order chi connectivity index (χ0) is 16.4. The van der Waals surface area contributed by atoms with Gasteiger partial charge in [-0.2, -0.15) is 4.31 Å². The van der Waals surface area contributed by atoms with E-state index in [1.807, 2.05) is 0 Å². The monoisotopic (exact) mass is 357 g/mol. The van der Waals surface area contributed by atoms with E-state index in [0.29, 0.717) is 44.5 Å². The number of sulfonamides is 1. The van der Waals surface area contributed by atoms with Crippen LogP contribution in [0.25, 0.3) is 0 Å². The van der Waals surface area contributed by atoms with Crippen molar-refractivity contribution in [2.45, 2.75) is 18.4 Å². The Labute approximate surface area is 139 Å². The summed E-state index contributed by atoms with van der Waals surface area (Å²) in [4.78, 5) is 1.39. The third-order valence-corrected chi connectivity index (χ3v) is 6.25. The normalized spacial score (nSPS) is 17.5. The molecule has 3 rings (SSSR count). The van der Waals surface area contributed by atoms with Gasteiger partial charge in [-0.25, -0.2) is 8.42 Å². The summed E-state index contributed by atoms with van der Waals surface area (Å²) < 4.78 is 32.2. The van der Waals surface area contributed by atoms with E-state index in [1.54, 1.807) is 25.1 Å². The number of aromatic nitrogens is 2. The highest BCUT2D eigenvalue weighted by Crippen LogP contribution is 2.24. The molecule has 124 valence electrons. The number of nitrogens with zero attached hydrogens (tertiary/aromatic N) is 3. The van der Waals surface area contributed by atoms with Crippen molar-refractivity contribution >= 4 is 21.6 Å². The van der Waals surface area contributed by atoms with Crippen LogP contribution >= 0.6 is 11.6 Å². The quantitative estimate of drug-likeness (QED) is 0.840. The molecule has 0 radical (unpaired) electrons. The van der Waals surface area contributed by atoms with E-state index in [2.05, 4.69) is 10.2 Å². The van der Waals surface area contributed by atoms with Crippen molar-refractivity contribution in [1.29, 1.82) is 0 Å². The van der Waals surface area contributed by atoms with Gasteiger partial charge in [-0.15, -0.1) is 10.2 Å². The Balaban J connectivity index is 1.65. The Morgan fingerprint density at radius 1 is 1.26 bits per heavy atom. The number of aryl methyl sites for hydroxylation is 1. The highest BCUT2D eigenvalue weighted by Gasteiger charge is 2.32. The van der Waals surface area contributed by atoms with Crippen LogP contribution in [-0.4, -0.2) is 49.1 Å². The second kappa shape index (κ2) is 6.56. The molecule has 1 fully saturated rings. The van der Waals surface area contributed by atoms with Crippen LogP contribution in [0, 0.1) is 6.92 Å². The highest BCUT2D eigenvalue weighted by molar-refractivity contribution is 7.89. The van der Waals surface area contributed by atoms with E-state index in [9.17, 15) is 8.42 Å². The summed E-state index contributed by atoms with van der Waals surface area (Å²) in [5.41, 5.74) is 0. The van der Waals surface area contributed by atoms with Crippen molar-refractivity contribution in [2.75, 3.05) is 26.2 Å². The maximum atomic E-state index is 12.7. The molecule has 0 saturated carbocycles. The SMILES string of the molecule is Cc1nnc(C[NH+]2CCN(S(=O)(=O)c3ccccc3Cl)CC2)o1. The minimum atomic E-state index is -3.55. The van der Waals surface area contributed by atoms with E-state index < -0.39 is 10.0 Å². The number of benzene rings is 1. The van der Waals surface area contributed by atoms with Crippen LogP contribution in [0.1, 0.15) is 11.8 Å². The number of piperazine rings is 1. The fourth-order valence-corrected chi connectivity index (χ4v) is 4.57. The first kappa shape index (κ1) is 16.4. The zero-order valence-corrected chi connectivity index (χ0v) is 14.3. The van der Waals surface area contributed by atoms with E-state index in [-0.39, 0.29) is 9.92 Å². The molecule has 0 aliphatic carbocycles. The van der Waals surface area contributed by atoms with Crippen molar-refractivity contribution in [2.24, 2.45) is 0 Å². The molecule has 1 aromatic carbocycles. The van der Waals surface area contributed by atoms with Crippen molar-refractivity contribution in [3.05, 3.63) is 41.1 Å². The molecule has 1 aromatic heterocycles. The van der Waals surface area contributed by atoms with Crippen molar-refractivity contribution in [1.82, 2.24) is 14.5 Å². The number of rotatable bonds is 4. The maximum absolute atomic E-state index is 12.7. The van der Waals surface area contributed by atoms with Gasteiger partial charge in [0.2, 0.25) is 15.9 Å². The lowest BCUT2D eigenvalue weighted by Crippen LogP contribution is -3.13. The van der Waals surface area contributed by atoms with Crippen LogP contribution in [0.3, 0.4) is 0 Å². The summed E-state index contributed by atoms with van der Waals surface area (Å²) in [7, 11) is -3.55. The Hall–Kier alpha value is -1.48. The molecule has 7 nitrogen and oxygen atoms in total. The molecule has 0 amide bonds. The minimum absolute atomic E-state index is 0.164. The molecule has 1 aliphatic heterocycles. The molecule has 0 bridgehead atoms. The van der Waals surface area contributed by atoms with E-state index in [0.717, 1.165) is 0 Å². The number of hydrogen-bond donors (Lipinski definition) is 1. The van der Waals surface area contributed by atoms with Gasteiger partial charge in [-0.3, -0.25) is 0 Å². The number of halogens is 1. The second-order valence-corrected chi connectivity index (χ2v) is 7.79. The molecule has 1 aliphatic rings. The molecule has 0 spiro atoms. The van der Waals surface area contributed by atoms with Gasteiger partial charge < -0.3 is 9.32 Å². The van der Waals surface area contributed by atoms with Gasteiger partial charge in [0.05, 0.1) is 31.2 Å². The topological polar surface area (TPSA) is 80.7 Å². The van der Waals surface area contributed by atoms with Gasteiger partial charge >= 0.3 is 0 Å². The molecule has 2 heterocycles. The first-order valence-electron chi connectivity index (χ1n) is 7.34. The molecule has 9 heteroatoms. The van der Waals surface area contributed by atoms with Crippen molar-refractivity contribution in [3.63, 3.8) is 0 Å². The standard InChI is InChI=1S/C14H17ClN4O3S/c1-11-16-17-14(22-11)10-18-6-8-19(9-7-18)23(20,21)13-5-3-2-4-12(13)15/h2-5H,6-10H2,1H3/p+1. The molecular formula is C14H18ClN4O3S+. The van der Waals surface area contributed by atoms with Gasteiger partial charge in [0.1, 0.15) is 4.90 Å². The fraction of sp³-hybridized carbons (Fsp3) is 0.429. The van der Waals surface area contributed by atoms with Gasteiger partial charge in [0.25, 0.3) is 5.89 Å². The molecule has 2 aromatic rings. The van der Waals surface area contributed by atoms with Gasteiger partial charge in [-0.05, 0) is 12.1 Å². The molecular weight excluding hydrogens is 340 g/mol. The smallest absolute Gasteiger partial charge is 0.271 e. The molecule has 1 saturated heterocycles. The van der Waals surface area contributed by atoms with E-state index >= 15 is 0 Å². The fourth-order valence-electron chi connectivity index (χ4n) is 2.64. The number of hydrogen-bond acceptors (Lipinski definition) is 5. The Bertz CT molecular complexity index is 785. The summed E-state index contributed by atoms with van der Waals surface area (Å²) in [5, 5.41) is 8.04. The molecule has 0 atom stereocenters. The third-order valence-electron chi connectivity index (χ3n) is 3.85. The van der Waals surface area contributed by atoms with Crippen LogP contribution in [0.15, 0.2) is 33.6 Å². The van der Waals surface area contributed by atoms with Crippen LogP contribution in [0.5, 0.6) is 0 Å². The van der Waals surface area contributed by atoms with E-state index in [4.69, 9.17) is 16.0 Å². The summed E-state index contributed by atoms with van der Waals surface area (Å²) in [6, 6.07) is 6.53. The Morgan fingerprint density at radius 2 is 1.96 bits per heavy atom. The Morgan fingerprint density at radius 3 is 2.57 bits per heavy atom. The van der Waals surface area contributed by atoms with Crippen molar-refractivity contribution in [3.8, 4) is 0 Å². The summed E-state index contributed by atoms with van der Waals surface area (Å²) in [6.45, 7) is 4.61. The van der Waals surface area contributed by atoms with Gasteiger partial charge in [-0.1, -0.05) is 23.7 Å². The van der Waals surface area contributed by atoms with Crippen LogP contribution in [0.4, 0.5) is 0 Å². The van der Waals surface area contributed by atoms with Crippen LogP contribution < -0.4 is 4.90 Å². The first-order chi connectivity index (χ1) is 11.0. The number of quaternary nitrogens is 1. The summed E-state index contributed by atoms with van der Waals surface area (Å²) in [6.07, 6.45) is 0. The summed E-state index contributed by atoms with van der Waals surface area (Å²) in [5.74, 6) is 1.12. The predicted molar refractivity (Wildman–Crippen MR) is 83.6 cm³/mol. The average Bonchev–Trinajstić information content (AvgIpc) is 2.93. The lowest BCUT2D eigenvalue weighted by Gasteiger charge is -2.30. The largest absolute Gasteiger partial charge is 0.420 e.